The van der Waals surface area contributed by atoms with Gasteiger partial charge in [0, 0.05) is 5.69 Å². The van der Waals surface area contributed by atoms with E-state index >= 15 is 0 Å². The largest absolute Gasteiger partial charge is 0.507 e. The first-order chi connectivity index (χ1) is 9.88. The summed E-state index contributed by atoms with van der Waals surface area (Å²) in [6, 6.07) is 9.19. The molecular formula is C16H15NO4. The highest BCUT2D eigenvalue weighted by molar-refractivity contribution is 6.06. The van der Waals surface area contributed by atoms with E-state index in [1.54, 1.807) is 19.1 Å². The Kier molecular flexibility index (Phi) is 3.93. The van der Waals surface area contributed by atoms with E-state index in [9.17, 15) is 14.7 Å². The zero-order valence-electron chi connectivity index (χ0n) is 11.7. The molecule has 0 aromatic heterocycles. The van der Waals surface area contributed by atoms with E-state index in [0.29, 0.717) is 11.3 Å². The lowest BCUT2D eigenvalue weighted by atomic mass is 10.1. The van der Waals surface area contributed by atoms with Crippen molar-refractivity contribution in [3.05, 3.63) is 58.7 Å². The zero-order chi connectivity index (χ0) is 15.6. The third-order valence-corrected chi connectivity index (χ3v) is 3.12. The molecule has 2 rings (SSSR count). The van der Waals surface area contributed by atoms with Gasteiger partial charge in [-0.15, -0.1) is 0 Å². The van der Waals surface area contributed by atoms with Gasteiger partial charge in [-0.25, -0.2) is 4.79 Å². The maximum atomic E-state index is 12.2. The number of nitrogens with one attached hydrogen (secondary N) is 1. The second-order valence-electron chi connectivity index (χ2n) is 4.81. The van der Waals surface area contributed by atoms with Gasteiger partial charge in [-0.3, -0.25) is 4.79 Å². The molecule has 0 spiro atoms. The van der Waals surface area contributed by atoms with Crippen molar-refractivity contribution in [2.45, 2.75) is 13.8 Å². The van der Waals surface area contributed by atoms with Crippen LogP contribution in [0.3, 0.4) is 0 Å². The van der Waals surface area contributed by atoms with Crippen LogP contribution in [0.15, 0.2) is 36.4 Å². The molecule has 0 heterocycles. The second-order valence-corrected chi connectivity index (χ2v) is 4.81. The van der Waals surface area contributed by atoms with Gasteiger partial charge < -0.3 is 15.5 Å². The molecule has 2 aromatic rings. The van der Waals surface area contributed by atoms with Gasteiger partial charge in [0.15, 0.2) is 0 Å². The number of rotatable bonds is 3. The topological polar surface area (TPSA) is 86.6 Å². The monoisotopic (exact) mass is 285 g/mol. The Bertz CT molecular complexity index is 722. The number of benzene rings is 2. The number of carboxylic acids is 1. The number of carbonyl (C=O) groups excluding carboxylic acids is 1. The first kappa shape index (κ1) is 14.6. The molecule has 0 atom stereocenters. The van der Waals surface area contributed by atoms with Gasteiger partial charge in [-0.1, -0.05) is 11.6 Å². The maximum Gasteiger partial charge on any atom is 0.335 e. The van der Waals surface area contributed by atoms with Crippen LogP contribution < -0.4 is 5.32 Å². The van der Waals surface area contributed by atoms with E-state index in [2.05, 4.69) is 5.32 Å². The average molecular weight is 285 g/mol. The van der Waals surface area contributed by atoms with Crippen LogP contribution in [-0.2, 0) is 0 Å². The lowest BCUT2D eigenvalue weighted by Gasteiger charge is -2.10. The summed E-state index contributed by atoms with van der Waals surface area (Å²) in [5.74, 6) is -1.56. The molecule has 0 aliphatic heterocycles. The fraction of sp³-hybridized carbons (Fsp3) is 0.125. The number of aromatic carboxylic acids is 1. The Morgan fingerprint density at radius 1 is 1.05 bits per heavy atom. The van der Waals surface area contributed by atoms with Crippen molar-refractivity contribution in [2.75, 3.05) is 5.32 Å². The molecule has 0 bridgehead atoms. The highest BCUT2D eigenvalue weighted by atomic mass is 16.4. The molecule has 21 heavy (non-hydrogen) atoms. The molecule has 108 valence electrons. The first-order valence-corrected chi connectivity index (χ1v) is 6.33. The number of aryl methyl sites for hydroxylation is 2. The standard InChI is InChI=1S/C16H15NO4/c1-9-3-6-14(18)12(7-9)15(19)17-13-5-4-11(16(20)21)8-10(13)2/h3-8,18H,1-2H3,(H,17,19)(H,20,21). The number of phenols is 1. The number of anilines is 1. The van der Waals surface area contributed by atoms with Gasteiger partial charge in [0.1, 0.15) is 5.75 Å². The first-order valence-electron chi connectivity index (χ1n) is 6.33. The number of aromatic hydroxyl groups is 1. The number of hydrogen-bond acceptors (Lipinski definition) is 3. The van der Waals surface area contributed by atoms with Gasteiger partial charge in [0.05, 0.1) is 11.1 Å². The predicted octanol–water partition coefficient (Wildman–Crippen LogP) is 2.96. The Morgan fingerprint density at radius 3 is 2.38 bits per heavy atom. The van der Waals surface area contributed by atoms with Gasteiger partial charge in [-0.2, -0.15) is 0 Å². The lowest BCUT2D eigenvalue weighted by Crippen LogP contribution is -2.13. The fourth-order valence-electron chi connectivity index (χ4n) is 1.96. The summed E-state index contributed by atoms with van der Waals surface area (Å²) in [7, 11) is 0. The zero-order valence-corrected chi connectivity index (χ0v) is 11.7. The van der Waals surface area contributed by atoms with Crippen LogP contribution in [0.5, 0.6) is 5.75 Å². The average Bonchev–Trinajstić information content (AvgIpc) is 2.43. The molecule has 0 unspecified atom stereocenters. The van der Waals surface area contributed by atoms with Crippen molar-refractivity contribution in [1.82, 2.24) is 0 Å². The molecule has 3 N–H and O–H groups in total. The number of carbonyl (C=O) groups is 2. The maximum absolute atomic E-state index is 12.2. The molecule has 0 saturated carbocycles. The SMILES string of the molecule is Cc1ccc(O)c(C(=O)Nc2ccc(C(=O)O)cc2C)c1. The van der Waals surface area contributed by atoms with Crippen LogP contribution in [0.1, 0.15) is 31.8 Å². The van der Waals surface area contributed by atoms with E-state index < -0.39 is 11.9 Å². The number of hydrogen-bond donors (Lipinski definition) is 3. The van der Waals surface area contributed by atoms with Crippen LogP contribution in [0.4, 0.5) is 5.69 Å². The van der Waals surface area contributed by atoms with E-state index in [0.717, 1.165) is 5.56 Å². The molecule has 2 aromatic carbocycles. The third-order valence-electron chi connectivity index (χ3n) is 3.12. The molecule has 0 aliphatic rings. The van der Waals surface area contributed by atoms with E-state index in [4.69, 9.17) is 5.11 Å². The minimum Gasteiger partial charge on any atom is -0.507 e. The molecule has 5 nitrogen and oxygen atoms in total. The quantitative estimate of drug-likeness (QED) is 0.809. The lowest BCUT2D eigenvalue weighted by molar-refractivity contribution is 0.0696. The van der Waals surface area contributed by atoms with Crippen molar-refractivity contribution in [2.24, 2.45) is 0 Å². The minimum atomic E-state index is -1.02. The molecule has 0 radical (unpaired) electrons. The van der Waals surface area contributed by atoms with Crippen LogP contribution in [0, 0.1) is 13.8 Å². The van der Waals surface area contributed by atoms with Crippen LogP contribution >= 0.6 is 0 Å². The van der Waals surface area contributed by atoms with Crippen molar-refractivity contribution < 1.29 is 19.8 Å². The van der Waals surface area contributed by atoms with Crippen molar-refractivity contribution in [3.8, 4) is 5.75 Å². The number of amides is 1. The Balaban J connectivity index is 2.27. The van der Waals surface area contributed by atoms with Crippen molar-refractivity contribution >= 4 is 17.6 Å². The third kappa shape index (κ3) is 3.20. The summed E-state index contributed by atoms with van der Waals surface area (Å²) in [6.45, 7) is 3.53. The fourth-order valence-corrected chi connectivity index (χ4v) is 1.96. The number of carboxylic acid groups (broad SMARTS) is 1. The minimum absolute atomic E-state index is 0.0992. The summed E-state index contributed by atoms with van der Waals surface area (Å²) in [4.78, 5) is 23.0. The Morgan fingerprint density at radius 2 is 1.76 bits per heavy atom. The summed E-state index contributed by atoms with van der Waals surface area (Å²) in [5, 5.41) is 21.3. The Labute approximate surface area is 121 Å². The van der Waals surface area contributed by atoms with Crippen LogP contribution in [0.25, 0.3) is 0 Å². The molecular weight excluding hydrogens is 270 g/mol. The summed E-state index contributed by atoms with van der Waals surface area (Å²) in [6.07, 6.45) is 0. The highest BCUT2D eigenvalue weighted by Gasteiger charge is 2.13. The summed E-state index contributed by atoms with van der Waals surface area (Å²) < 4.78 is 0. The molecule has 0 aliphatic carbocycles. The van der Waals surface area contributed by atoms with Crippen LogP contribution in [0.2, 0.25) is 0 Å². The van der Waals surface area contributed by atoms with E-state index in [1.165, 1.54) is 24.3 Å². The van der Waals surface area contributed by atoms with E-state index in [-0.39, 0.29) is 16.9 Å². The Hall–Kier alpha value is -2.82. The van der Waals surface area contributed by atoms with Gasteiger partial charge >= 0.3 is 5.97 Å². The normalized spacial score (nSPS) is 10.2. The van der Waals surface area contributed by atoms with Crippen molar-refractivity contribution in [1.29, 1.82) is 0 Å². The summed E-state index contributed by atoms with van der Waals surface area (Å²) in [5.41, 5.74) is 2.33. The predicted molar refractivity (Wildman–Crippen MR) is 78.9 cm³/mol. The van der Waals surface area contributed by atoms with E-state index in [1.807, 2.05) is 6.92 Å². The molecule has 0 saturated heterocycles. The second kappa shape index (κ2) is 5.66. The van der Waals surface area contributed by atoms with Gasteiger partial charge in [0.25, 0.3) is 5.91 Å². The van der Waals surface area contributed by atoms with Crippen molar-refractivity contribution in [3.63, 3.8) is 0 Å². The molecule has 5 heteroatoms. The van der Waals surface area contributed by atoms with Gasteiger partial charge in [-0.05, 0) is 49.7 Å². The number of phenolic OH excluding ortho intramolecular Hbond substituents is 1. The highest BCUT2D eigenvalue weighted by Crippen LogP contribution is 2.22. The smallest absolute Gasteiger partial charge is 0.335 e. The van der Waals surface area contributed by atoms with Crippen LogP contribution in [-0.4, -0.2) is 22.1 Å². The molecule has 1 amide bonds. The molecule has 0 fully saturated rings. The van der Waals surface area contributed by atoms with Gasteiger partial charge in [0.2, 0.25) is 0 Å². The summed E-state index contributed by atoms with van der Waals surface area (Å²) >= 11 is 0.